The number of aliphatic hydroxyl groups excluding tert-OH is 2. The van der Waals surface area contributed by atoms with Crippen LogP contribution in [-0.2, 0) is 9.53 Å². The zero-order valence-electron chi connectivity index (χ0n) is 20.4. The van der Waals surface area contributed by atoms with E-state index in [0.717, 1.165) is 32.1 Å². The highest BCUT2D eigenvalue weighted by atomic mass is 16.5. The van der Waals surface area contributed by atoms with Crippen LogP contribution >= 0.6 is 0 Å². The minimum absolute atomic E-state index is 0.0903. The van der Waals surface area contributed by atoms with Gasteiger partial charge in [-0.05, 0) is 33.1 Å². The van der Waals surface area contributed by atoms with Gasteiger partial charge in [0.25, 0.3) is 0 Å². The molecule has 0 saturated heterocycles. The Hall–Kier alpha value is -1.13. The van der Waals surface area contributed by atoms with E-state index in [4.69, 9.17) is 9.84 Å². The van der Waals surface area contributed by atoms with E-state index in [2.05, 4.69) is 20.1 Å². The van der Waals surface area contributed by atoms with Crippen molar-refractivity contribution in [3.8, 4) is 0 Å². The number of rotatable bonds is 18. The number of unbranched alkanes of at least 4 members (excludes halogenated alkanes) is 10. The van der Waals surface area contributed by atoms with Crippen molar-refractivity contribution in [1.82, 2.24) is 0 Å². The molecule has 0 saturated carbocycles. The average molecular weight is 429 g/mol. The third-order valence-corrected chi connectivity index (χ3v) is 4.41. The van der Waals surface area contributed by atoms with Crippen molar-refractivity contribution in [3.05, 3.63) is 25.3 Å². The highest BCUT2D eigenvalue weighted by molar-refractivity contribution is 5.69. The number of ether oxygens (including phenoxy) is 1. The summed E-state index contributed by atoms with van der Waals surface area (Å²) in [6.45, 7) is 12.7. The van der Waals surface area contributed by atoms with Crippen molar-refractivity contribution in [1.29, 1.82) is 0 Å². The Morgan fingerprint density at radius 1 is 0.833 bits per heavy atom. The smallest absolute Gasteiger partial charge is 0.305 e. The summed E-state index contributed by atoms with van der Waals surface area (Å²) in [5.41, 5.74) is 0. The van der Waals surface area contributed by atoms with Gasteiger partial charge in [-0.15, -0.1) is 13.2 Å². The summed E-state index contributed by atoms with van der Waals surface area (Å²) in [6.07, 6.45) is 20.0. The second-order valence-electron chi connectivity index (χ2n) is 7.63. The van der Waals surface area contributed by atoms with Crippen LogP contribution in [0.25, 0.3) is 0 Å². The highest BCUT2D eigenvalue weighted by Gasteiger charge is 2.04. The number of hydrogen-bond acceptors (Lipinski definition) is 4. The Labute approximate surface area is 187 Å². The van der Waals surface area contributed by atoms with Crippen LogP contribution in [0.3, 0.4) is 0 Å². The molecule has 1 atom stereocenters. The van der Waals surface area contributed by atoms with Crippen LogP contribution < -0.4 is 0 Å². The monoisotopic (exact) mass is 428 g/mol. The molecule has 30 heavy (non-hydrogen) atoms. The zero-order valence-corrected chi connectivity index (χ0v) is 20.4. The van der Waals surface area contributed by atoms with E-state index in [9.17, 15) is 9.90 Å². The zero-order chi connectivity index (χ0) is 23.3. The molecule has 0 spiro atoms. The standard InChI is InChI=1S/C20H40O4.2C3H6/c1-2-3-4-11-14-19(22)15-12-9-7-5-6-8-10-13-16-20(23)24-18-17-21;2*1-3-2/h19,21-22H,2-18H2,1H3;2*3H,1H2,2H3. The lowest BCUT2D eigenvalue weighted by molar-refractivity contribution is -0.144. The molecule has 0 aliphatic heterocycles. The van der Waals surface area contributed by atoms with Crippen molar-refractivity contribution in [2.24, 2.45) is 0 Å². The van der Waals surface area contributed by atoms with Gasteiger partial charge in [-0.2, -0.15) is 0 Å². The minimum atomic E-state index is -0.197. The van der Waals surface area contributed by atoms with Crippen LogP contribution in [0.2, 0.25) is 0 Å². The maximum atomic E-state index is 11.2. The molecule has 0 aliphatic carbocycles. The lowest BCUT2D eigenvalue weighted by atomic mass is 10.0. The molecule has 4 heteroatoms. The lowest BCUT2D eigenvalue weighted by Gasteiger charge is -2.10. The Bertz CT molecular complexity index is 336. The van der Waals surface area contributed by atoms with Crippen molar-refractivity contribution >= 4 is 5.97 Å². The van der Waals surface area contributed by atoms with E-state index in [-0.39, 0.29) is 25.3 Å². The number of allylic oxidation sites excluding steroid dienone is 2. The summed E-state index contributed by atoms with van der Waals surface area (Å²) in [5, 5.41) is 18.4. The van der Waals surface area contributed by atoms with Crippen LogP contribution in [0.5, 0.6) is 0 Å². The second-order valence-corrected chi connectivity index (χ2v) is 7.63. The van der Waals surface area contributed by atoms with Crippen LogP contribution in [0.15, 0.2) is 25.3 Å². The van der Waals surface area contributed by atoms with E-state index in [1.165, 1.54) is 57.8 Å². The first-order valence-electron chi connectivity index (χ1n) is 12.1. The summed E-state index contributed by atoms with van der Waals surface area (Å²) in [7, 11) is 0. The lowest BCUT2D eigenvalue weighted by Crippen LogP contribution is -2.07. The van der Waals surface area contributed by atoms with Crippen LogP contribution in [-0.4, -0.2) is 35.5 Å². The van der Waals surface area contributed by atoms with Gasteiger partial charge in [0.15, 0.2) is 0 Å². The van der Waals surface area contributed by atoms with Gasteiger partial charge in [0.1, 0.15) is 6.61 Å². The largest absolute Gasteiger partial charge is 0.463 e. The molecule has 0 rings (SSSR count). The fourth-order valence-electron chi connectivity index (χ4n) is 2.89. The van der Waals surface area contributed by atoms with Crippen molar-refractivity contribution in [3.63, 3.8) is 0 Å². The molecule has 0 aromatic carbocycles. The molecule has 0 heterocycles. The molecule has 4 nitrogen and oxygen atoms in total. The Balaban J connectivity index is -0.00000107. The fraction of sp³-hybridized carbons (Fsp3) is 0.808. The molecular weight excluding hydrogens is 376 g/mol. The van der Waals surface area contributed by atoms with Gasteiger partial charge >= 0.3 is 5.97 Å². The first-order chi connectivity index (χ1) is 14.5. The molecule has 0 aromatic rings. The predicted molar refractivity (Wildman–Crippen MR) is 131 cm³/mol. The molecule has 0 amide bonds. The van der Waals surface area contributed by atoms with E-state index in [0.29, 0.717) is 6.42 Å². The summed E-state index contributed by atoms with van der Waals surface area (Å²) in [4.78, 5) is 11.2. The third-order valence-electron chi connectivity index (χ3n) is 4.41. The highest BCUT2D eigenvalue weighted by Crippen LogP contribution is 2.14. The normalized spacial score (nSPS) is 10.7. The van der Waals surface area contributed by atoms with Crippen LogP contribution in [0.1, 0.15) is 117 Å². The third kappa shape index (κ3) is 37.6. The summed E-state index contributed by atoms with van der Waals surface area (Å²) in [6, 6.07) is 0. The minimum Gasteiger partial charge on any atom is -0.463 e. The van der Waals surface area contributed by atoms with Gasteiger partial charge in [0.05, 0.1) is 12.7 Å². The summed E-state index contributed by atoms with van der Waals surface area (Å²) < 4.78 is 4.81. The molecule has 0 radical (unpaired) electrons. The molecular formula is C26H52O4. The summed E-state index contributed by atoms with van der Waals surface area (Å²) in [5.74, 6) is -0.197. The average Bonchev–Trinajstić information content (AvgIpc) is 2.72. The second kappa shape index (κ2) is 32.5. The van der Waals surface area contributed by atoms with Gasteiger partial charge < -0.3 is 14.9 Å². The van der Waals surface area contributed by atoms with Gasteiger partial charge in [-0.25, -0.2) is 0 Å². The SMILES string of the molecule is C=CC.C=CC.CCCCCCC(O)CCCCCCCCCCC(=O)OCCO. The topological polar surface area (TPSA) is 66.8 Å². The molecule has 0 fully saturated rings. The number of carbonyl (C=O) groups excluding carboxylic acids is 1. The van der Waals surface area contributed by atoms with Gasteiger partial charge in [-0.3, -0.25) is 4.79 Å². The molecule has 0 aromatic heterocycles. The van der Waals surface area contributed by atoms with Gasteiger partial charge in [0.2, 0.25) is 0 Å². The Kier molecular flexibility index (Phi) is 36.3. The number of hydrogen-bond donors (Lipinski definition) is 2. The number of esters is 1. The van der Waals surface area contributed by atoms with E-state index >= 15 is 0 Å². The quantitative estimate of drug-likeness (QED) is 0.138. The van der Waals surface area contributed by atoms with Crippen LogP contribution in [0.4, 0.5) is 0 Å². The molecule has 1 unspecified atom stereocenters. The van der Waals surface area contributed by atoms with E-state index < -0.39 is 0 Å². The maximum Gasteiger partial charge on any atom is 0.305 e. The molecule has 0 aliphatic rings. The Morgan fingerprint density at radius 3 is 1.67 bits per heavy atom. The first kappa shape index (κ1) is 33.5. The Morgan fingerprint density at radius 2 is 1.23 bits per heavy atom. The molecule has 180 valence electrons. The first-order valence-corrected chi connectivity index (χ1v) is 12.1. The van der Waals surface area contributed by atoms with Gasteiger partial charge in [-0.1, -0.05) is 89.7 Å². The molecule has 2 N–H and O–H groups in total. The van der Waals surface area contributed by atoms with E-state index in [1.807, 2.05) is 13.8 Å². The maximum absolute atomic E-state index is 11.2. The van der Waals surface area contributed by atoms with E-state index in [1.54, 1.807) is 12.2 Å². The van der Waals surface area contributed by atoms with Crippen molar-refractivity contribution in [2.75, 3.05) is 13.2 Å². The van der Waals surface area contributed by atoms with Crippen molar-refractivity contribution in [2.45, 2.75) is 123 Å². The van der Waals surface area contributed by atoms with Crippen LogP contribution in [0, 0.1) is 0 Å². The number of aliphatic hydroxyl groups is 2. The number of carbonyl (C=O) groups is 1. The fourth-order valence-corrected chi connectivity index (χ4v) is 2.89. The predicted octanol–water partition coefficient (Wildman–Crippen LogP) is 7.14. The van der Waals surface area contributed by atoms with Crippen molar-refractivity contribution < 1.29 is 19.7 Å². The van der Waals surface area contributed by atoms with Gasteiger partial charge in [0, 0.05) is 6.42 Å². The summed E-state index contributed by atoms with van der Waals surface area (Å²) >= 11 is 0. The molecule has 0 bridgehead atoms.